The van der Waals surface area contributed by atoms with Crippen LogP contribution in [0.2, 0.25) is 0 Å². The molecule has 164 valence electrons. The number of hydrogen-bond acceptors (Lipinski definition) is 7. The average molecular weight is 544 g/mol. The van der Waals surface area contributed by atoms with Crippen molar-refractivity contribution in [3.05, 3.63) is 45.0 Å². The second-order valence-electron chi connectivity index (χ2n) is 6.81. The zero-order chi connectivity index (χ0) is 22.2. The zero-order valence-corrected chi connectivity index (χ0v) is 20.4. The molecule has 8 nitrogen and oxygen atoms in total. The van der Waals surface area contributed by atoms with Crippen molar-refractivity contribution in [2.45, 2.75) is 29.6 Å². The predicted octanol–water partition coefficient (Wildman–Crippen LogP) is 2.98. The van der Waals surface area contributed by atoms with Gasteiger partial charge < -0.3 is 9.30 Å². The van der Waals surface area contributed by atoms with Gasteiger partial charge in [-0.1, -0.05) is 33.3 Å². The zero-order valence-electron chi connectivity index (χ0n) is 16.4. The van der Waals surface area contributed by atoms with Crippen molar-refractivity contribution < 1.29 is 22.7 Å². The maximum atomic E-state index is 13.1. The number of carbonyl (C=O) groups is 2. The van der Waals surface area contributed by atoms with Gasteiger partial charge in [0.25, 0.3) is 15.9 Å². The van der Waals surface area contributed by atoms with Gasteiger partial charge in [0.05, 0.1) is 17.3 Å². The Labute approximate surface area is 195 Å². The number of aromatic nitrogens is 1. The molecule has 0 aliphatic carbocycles. The maximum absolute atomic E-state index is 13.1. The van der Waals surface area contributed by atoms with Crippen molar-refractivity contribution >= 4 is 70.7 Å². The number of ether oxygens (including phenoxy) is 1. The molecule has 3 heterocycles. The number of amides is 1. The van der Waals surface area contributed by atoms with Gasteiger partial charge in [0.2, 0.25) is 0 Å². The lowest BCUT2D eigenvalue weighted by Crippen LogP contribution is -2.40. The Morgan fingerprint density at radius 1 is 1.32 bits per heavy atom. The molecule has 2 aromatic heterocycles. The molecule has 1 unspecified atom stereocenters. The van der Waals surface area contributed by atoms with E-state index < -0.39 is 27.9 Å². The topological polar surface area (TPSA) is 98.0 Å². The second kappa shape index (κ2) is 8.94. The van der Waals surface area contributed by atoms with Crippen LogP contribution in [0, 0.1) is 0 Å². The Morgan fingerprint density at radius 2 is 2.13 bits per heavy atom. The molecule has 3 aromatic rings. The Hall–Kier alpha value is -1.86. The van der Waals surface area contributed by atoms with Gasteiger partial charge in [0, 0.05) is 11.0 Å². The normalized spacial score (nSPS) is 18.0. The van der Waals surface area contributed by atoms with Gasteiger partial charge in [-0.05, 0) is 42.5 Å². The molecule has 1 amide bonds. The van der Waals surface area contributed by atoms with E-state index in [1.165, 1.54) is 28.8 Å². The molecule has 0 spiro atoms. The third kappa shape index (κ3) is 4.40. The molecule has 1 fully saturated rings. The molecule has 0 saturated carbocycles. The Bertz CT molecular complexity index is 1310. The Morgan fingerprint density at radius 3 is 2.84 bits per heavy atom. The van der Waals surface area contributed by atoms with Crippen LogP contribution in [0.4, 0.5) is 0 Å². The van der Waals surface area contributed by atoms with Gasteiger partial charge in [-0.2, -0.15) is 9.30 Å². The summed E-state index contributed by atoms with van der Waals surface area (Å²) >= 11 is 5.80. The first kappa shape index (κ1) is 22.3. The molecular formula is C19H18BrN3O5S3. The quantitative estimate of drug-likeness (QED) is 0.460. The van der Waals surface area contributed by atoms with Crippen LogP contribution in [-0.2, 0) is 30.9 Å². The highest BCUT2D eigenvalue weighted by atomic mass is 79.9. The summed E-state index contributed by atoms with van der Waals surface area (Å²) in [6.45, 7) is 0.166. The molecule has 1 aliphatic heterocycles. The molecule has 1 aromatic carbocycles. The van der Waals surface area contributed by atoms with E-state index in [1.807, 2.05) is 18.2 Å². The number of halogens is 1. The van der Waals surface area contributed by atoms with Gasteiger partial charge >= 0.3 is 5.97 Å². The lowest BCUT2D eigenvalue weighted by atomic mass is 10.2. The Kier molecular flexibility index (Phi) is 6.44. The van der Waals surface area contributed by atoms with Crippen molar-refractivity contribution in [1.82, 2.24) is 8.87 Å². The van der Waals surface area contributed by atoms with Gasteiger partial charge in [-0.25, -0.2) is 8.42 Å². The predicted molar refractivity (Wildman–Crippen MR) is 121 cm³/mol. The van der Waals surface area contributed by atoms with Gasteiger partial charge in [0.15, 0.2) is 4.80 Å². The highest BCUT2D eigenvalue weighted by molar-refractivity contribution is 9.10. The van der Waals surface area contributed by atoms with Crippen LogP contribution in [-0.4, -0.2) is 48.9 Å². The number of thiazole rings is 1. The van der Waals surface area contributed by atoms with Gasteiger partial charge in [-0.15, -0.1) is 11.3 Å². The summed E-state index contributed by atoms with van der Waals surface area (Å²) in [7, 11) is -2.46. The summed E-state index contributed by atoms with van der Waals surface area (Å²) in [5.74, 6) is -1.01. The summed E-state index contributed by atoms with van der Waals surface area (Å²) in [4.78, 5) is 29.6. The fourth-order valence-corrected chi connectivity index (χ4v) is 7.81. The molecule has 1 atom stereocenters. The van der Waals surface area contributed by atoms with Crippen molar-refractivity contribution in [3.63, 3.8) is 0 Å². The van der Waals surface area contributed by atoms with Crippen LogP contribution in [0.3, 0.4) is 0 Å². The minimum Gasteiger partial charge on any atom is -0.468 e. The van der Waals surface area contributed by atoms with Crippen LogP contribution < -0.4 is 4.80 Å². The minimum atomic E-state index is -3.76. The van der Waals surface area contributed by atoms with Gasteiger partial charge in [-0.3, -0.25) is 9.59 Å². The molecule has 0 radical (unpaired) electrons. The van der Waals surface area contributed by atoms with Crippen LogP contribution >= 0.6 is 38.6 Å². The molecular weight excluding hydrogens is 526 g/mol. The monoisotopic (exact) mass is 543 g/mol. The number of methoxy groups -OCH3 is 1. The SMILES string of the molecule is COC(=O)Cn1c(=NC(=O)C2CCCN2S(=O)(=O)c2cccs2)sc2cc(Br)ccc21. The molecule has 0 N–H and O–H groups in total. The third-order valence-corrected chi connectivity index (χ3v) is 9.73. The van der Waals surface area contributed by atoms with E-state index in [0.717, 1.165) is 26.0 Å². The fraction of sp³-hybridized carbons (Fsp3) is 0.316. The second-order valence-corrected chi connectivity index (χ2v) is 11.8. The smallest absolute Gasteiger partial charge is 0.325 e. The fourth-order valence-electron chi connectivity index (χ4n) is 3.45. The van der Waals surface area contributed by atoms with Crippen molar-refractivity contribution in [1.29, 1.82) is 0 Å². The first-order valence-electron chi connectivity index (χ1n) is 9.31. The van der Waals surface area contributed by atoms with E-state index >= 15 is 0 Å². The Balaban J connectivity index is 1.74. The highest BCUT2D eigenvalue weighted by Crippen LogP contribution is 2.29. The van der Waals surface area contributed by atoms with Crippen molar-refractivity contribution in [2.24, 2.45) is 4.99 Å². The third-order valence-electron chi connectivity index (χ3n) is 4.91. The number of esters is 1. The van der Waals surface area contributed by atoms with Crippen LogP contribution in [0.15, 0.2) is 49.4 Å². The summed E-state index contributed by atoms with van der Waals surface area (Å²) in [6.07, 6.45) is 0.985. The van der Waals surface area contributed by atoms with E-state index in [1.54, 1.807) is 16.0 Å². The number of carbonyl (C=O) groups excluding carboxylic acids is 2. The number of benzene rings is 1. The number of fused-ring (bicyclic) bond motifs is 1. The number of nitrogens with zero attached hydrogens (tertiary/aromatic N) is 3. The maximum Gasteiger partial charge on any atom is 0.325 e. The van der Waals surface area contributed by atoms with E-state index in [4.69, 9.17) is 4.74 Å². The molecule has 0 bridgehead atoms. The van der Waals surface area contributed by atoms with Crippen LogP contribution in [0.1, 0.15) is 12.8 Å². The van der Waals surface area contributed by atoms with Crippen molar-refractivity contribution in [2.75, 3.05) is 13.7 Å². The number of thiophene rings is 1. The summed E-state index contributed by atoms with van der Waals surface area (Å²) in [5.41, 5.74) is 0.736. The van der Waals surface area contributed by atoms with E-state index in [2.05, 4.69) is 20.9 Å². The van der Waals surface area contributed by atoms with E-state index in [9.17, 15) is 18.0 Å². The van der Waals surface area contributed by atoms with Crippen molar-refractivity contribution in [3.8, 4) is 0 Å². The first-order chi connectivity index (χ1) is 14.8. The van der Waals surface area contributed by atoms with Crippen LogP contribution in [0.5, 0.6) is 0 Å². The average Bonchev–Trinajstić information content (AvgIpc) is 3.48. The largest absolute Gasteiger partial charge is 0.468 e. The molecule has 12 heteroatoms. The number of sulfonamides is 1. The number of rotatable bonds is 5. The first-order valence-corrected chi connectivity index (χ1v) is 13.2. The molecule has 1 saturated heterocycles. The summed E-state index contributed by atoms with van der Waals surface area (Å²) in [6, 6.07) is 7.87. The lowest BCUT2D eigenvalue weighted by molar-refractivity contribution is -0.141. The minimum absolute atomic E-state index is 0.105. The molecule has 4 rings (SSSR count). The molecule has 31 heavy (non-hydrogen) atoms. The van der Waals surface area contributed by atoms with Gasteiger partial charge in [0.1, 0.15) is 16.8 Å². The highest BCUT2D eigenvalue weighted by Gasteiger charge is 2.40. The van der Waals surface area contributed by atoms with Crippen LogP contribution in [0.25, 0.3) is 10.2 Å². The summed E-state index contributed by atoms with van der Waals surface area (Å²) in [5, 5.41) is 1.69. The number of hydrogen-bond donors (Lipinski definition) is 0. The molecule has 1 aliphatic rings. The van der Waals surface area contributed by atoms with E-state index in [-0.39, 0.29) is 17.3 Å². The standard InChI is InChI=1S/C19H18BrN3O5S3/c1-28-16(24)11-22-13-7-6-12(20)10-15(13)30-19(22)21-18(25)14-4-2-8-23(14)31(26,27)17-5-3-9-29-17/h3,5-7,9-10,14H,2,4,8,11H2,1H3. The summed E-state index contributed by atoms with van der Waals surface area (Å²) < 4.78 is 35.5. The van der Waals surface area contributed by atoms with E-state index in [0.29, 0.717) is 17.6 Å². The lowest BCUT2D eigenvalue weighted by Gasteiger charge is -2.20.